The Morgan fingerprint density at radius 3 is 2.72 bits per heavy atom. The van der Waals surface area contributed by atoms with Gasteiger partial charge in [0.15, 0.2) is 0 Å². The number of aromatic nitrogens is 1. The molecule has 1 fully saturated rings. The monoisotopic (exact) mass is 377 g/mol. The van der Waals surface area contributed by atoms with Crippen molar-refractivity contribution < 1.29 is 9.84 Å². The number of aliphatic hydroxyl groups is 1. The van der Waals surface area contributed by atoms with Crippen LogP contribution in [0.15, 0.2) is 29.2 Å². The fourth-order valence-corrected chi connectivity index (χ4v) is 3.57. The van der Waals surface area contributed by atoms with E-state index in [0.29, 0.717) is 51.9 Å². The Morgan fingerprint density at radius 1 is 1.20 bits per heavy atom. The number of fused-ring (bicyclic) bond motifs is 1. The Hall–Kier alpha value is -1.91. The maximum Gasteiger partial charge on any atom is 0.200 e. The summed E-state index contributed by atoms with van der Waals surface area (Å²) < 4.78 is 5.90. The Kier molecular flexibility index (Phi) is 4.26. The molecule has 25 heavy (non-hydrogen) atoms. The van der Waals surface area contributed by atoms with E-state index in [1.54, 1.807) is 24.4 Å². The molecule has 0 bridgehead atoms. The van der Waals surface area contributed by atoms with Crippen LogP contribution < -0.4 is 16.0 Å². The van der Waals surface area contributed by atoms with Gasteiger partial charge in [0.1, 0.15) is 11.5 Å². The molecule has 0 radical (unpaired) electrons. The second kappa shape index (κ2) is 6.43. The van der Waals surface area contributed by atoms with Crippen molar-refractivity contribution >= 4 is 34.7 Å². The molecule has 1 heterocycles. The lowest BCUT2D eigenvalue weighted by Gasteiger charge is -2.15. The predicted octanol–water partition coefficient (Wildman–Crippen LogP) is 3.34. The van der Waals surface area contributed by atoms with Crippen molar-refractivity contribution in [2.45, 2.75) is 25.7 Å². The number of halogens is 2. The zero-order valence-corrected chi connectivity index (χ0v) is 15.0. The van der Waals surface area contributed by atoms with Gasteiger partial charge in [-0.25, -0.2) is 0 Å². The maximum absolute atomic E-state index is 13.0. The standard InChI is InChI=1S/C19H17Cl2NO3/c20-11-3-4-12(14(21)7-11)13-8-22-18-16(25-9-10-1-2-10)6-5-15(23)17(18)19(13)24/h3-4,7-8,10,22-23H,1-2,5-6,9H2. The van der Waals surface area contributed by atoms with Crippen molar-refractivity contribution in [3.63, 3.8) is 0 Å². The molecule has 4 rings (SSSR count). The summed E-state index contributed by atoms with van der Waals surface area (Å²) in [7, 11) is 0. The van der Waals surface area contributed by atoms with Gasteiger partial charge >= 0.3 is 0 Å². The van der Waals surface area contributed by atoms with E-state index in [2.05, 4.69) is 4.98 Å². The summed E-state index contributed by atoms with van der Waals surface area (Å²) in [5, 5.41) is 12.1. The van der Waals surface area contributed by atoms with E-state index in [-0.39, 0.29) is 16.4 Å². The molecule has 1 aromatic carbocycles. The molecule has 0 spiro atoms. The average molecular weight is 378 g/mol. The number of nitrogens with one attached hydrogen (secondary N) is 1. The molecule has 0 atom stereocenters. The summed E-state index contributed by atoms with van der Waals surface area (Å²) in [6.45, 7) is 0.669. The van der Waals surface area contributed by atoms with E-state index >= 15 is 0 Å². The van der Waals surface area contributed by atoms with E-state index in [1.807, 2.05) is 0 Å². The van der Waals surface area contributed by atoms with Crippen molar-refractivity contribution in [1.82, 2.24) is 4.98 Å². The van der Waals surface area contributed by atoms with Gasteiger partial charge in [-0.15, -0.1) is 0 Å². The first-order chi connectivity index (χ1) is 12.0. The third kappa shape index (κ3) is 3.16. The molecule has 2 aromatic rings. The lowest BCUT2D eigenvalue weighted by molar-refractivity contribution is 0.243. The normalized spacial score (nSPS) is 16.7. The average Bonchev–Trinajstić information content (AvgIpc) is 3.39. The fourth-order valence-electron chi connectivity index (χ4n) is 3.06. The number of rotatable bonds is 4. The summed E-state index contributed by atoms with van der Waals surface area (Å²) in [4.78, 5) is 16.1. The van der Waals surface area contributed by atoms with Crippen molar-refractivity contribution in [3.8, 4) is 11.1 Å². The Morgan fingerprint density at radius 2 is 2.00 bits per heavy atom. The van der Waals surface area contributed by atoms with Gasteiger partial charge in [-0.2, -0.15) is 0 Å². The van der Waals surface area contributed by atoms with Crippen LogP contribution in [0, 0.1) is 5.92 Å². The summed E-state index contributed by atoms with van der Waals surface area (Å²) in [5.74, 6) is 1.45. The van der Waals surface area contributed by atoms with Crippen LogP contribution in [-0.4, -0.2) is 16.7 Å². The Labute approximate surface area is 154 Å². The van der Waals surface area contributed by atoms with E-state index < -0.39 is 0 Å². The molecule has 0 aliphatic heterocycles. The largest absolute Gasteiger partial charge is 0.511 e. The number of hydrogen-bond acceptors (Lipinski definition) is 3. The second-order valence-corrected chi connectivity index (χ2v) is 7.37. The molecule has 0 unspecified atom stereocenters. The molecule has 0 amide bonds. The van der Waals surface area contributed by atoms with Crippen LogP contribution in [0.1, 0.15) is 25.7 Å². The van der Waals surface area contributed by atoms with Crippen LogP contribution in [0.5, 0.6) is 0 Å². The van der Waals surface area contributed by atoms with Gasteiger partial charge in [0.05, 0.1) is 22.2 Å². The topological polar surface area (TPSA) is 62.3 Å². The third-order valence-corrected chi connectivity index (χ3v) is 5.20. The fraction of sp³-hybridized carbons (Fsp3) is 0.316. The first kappa shape index (κ1) is 16.6. The van der Waals surface area contributed by atoms with Gasteiger partial charge in [0.2, 0.25) is 5.43 Å². The number of aromatic amines is 1. The third-order valence-electron chi connectivity index (χ3n) is 4.65. The summed E-state index contributed by atoms with van der Waals surface area (Å²) >= 11 is 12.2. The minimum absolute atomic E-state index is 0.0851. The number of ether oxygens (including phenoxy) is 1. The summed E-state index contributed by atoms with van der Waals surface area (Å²) in [6.07, 6.45) is 5.00. The van der Waals surface area contributed by atoms with Crippen molar-refractivity contribution in [3.05, 3.63) is 55.2 Å². The zero-order valence-electron chi connectivity index (χ0n) is 13.4. The molecule has 1 saturated carbocycles. The molecule has 0 saturated heterocycles. The number of benzene rings is 1. The highest BCUT2D eigenvalue weighted by Gasteiger charge is 2.24. The van der Waals surface area contributed by atoms with Crippen LogP contribution >= 0.6 is 23.2 Å². The number of hydrogen-bond donors (Lipinski definition) is 2. The number of H-pyrrole nitrogens is 1. The first-order valence-electron chi connectivity index (χ1n) is 8.30. The molecular formula is C19H17Cl2NO3. The van der Waals surface area contributed by atoms with Gasteiger partial charge in [0.25, 0.3) is 0 Å². The van der Waals surface area contributed by atoms with Gasteiger partial charge in [-0.1, -0.05) is 29.3 Å². The van der Waals surface area contributed by atoms with Gasteiger partial charge in [-0.05, 0) is 30.9 Å². The van der Waals surface area contributed by atoms with Crippen molar-refractivity contribution in [2.75, 3.05) is 6.61 Å². The van der Waals surface area contributed by atoms with Crippen LogP contribution in [0.25, 0.3) is 22.6 Å². The molecule has 2 aliphatic carbocycles. The quantitative estimate of drug-likeness (QED) is 0.858. The minimum atomic E-state index is -0.261. The maximum atomic E-state index is 13.0. The lowest BCUT2D eigenvalue weighted by atomic mass is 10.0. The number of pyridine rings is 1. The van der Waals surface area contributed by atoms with Crippen LogP contribution in [-0.2, 0) is 4.74 Å². The van der Waals surface area contributed by atoms with E-state index in [0.717, 1.165) is 5.76 Å². The van der Waals surface area contributed by atoms with Gasteiger partial charge < -0.3 is 14.8 Å². The highest BCUT2D eigenvalue weighted by Crippen LogP contribution is 2.30. The highest BCUT2D eigenvalue weighted by atomic mass is 35.5. The molecule has 130 valence electrons. The van der Waals surface area contributed by atoms with Gasteiger partial charge in [-0.3, -0.25) is 4.79 Å². The van der Waals surface area contributed by atoms with Crippen LogP contribution in [0.2, 0.25) is 10.0 Å². The number of aliphatic hydroxyl groups excluding tert-OH is 1. The first-order valence-corrected chi connectivity index (χ1v) is 9.05. The van der Waals surface area contributed by atoms with E-state index in [1.165, 1.54) is 12.8 Å². The Bertz CT molecular complexity index is 1020. The van der Waals surface area contributed by atoms with Crippen molar-refractivity contribution in [2.24, 2.45) is 5.92 Å². The van der Waals surface area contributed by atoms with Crippen molar-refractivity contribution in [1.29, 1.82) is 0 Å². The smallest absolute Gasteiger partial charge is 0.200 e. The lowest BCUT2D eigenvalue weighted by Crippen LogP contribution is -2.46. The molecule has 4 nitrogen and oxygen atoms in total. The molecule has 2 aliphatic rings. The summed E-state index contributed by atoms with van der Waals surface area (Å²) in [5.41, 5.74) is 0.715. The van der Waals surface area contributed by atoms with Crippen LogP contribution in [0.4, 0.5) is 0 Å². The minimum Gasteiger partial charge on any atom is -0.511 e. The predicted molar refractivity (Wildman–Crippen MR) is 99.1 cm³/mol. The highest BCUT2D eigenvalue weighted by molar-refractivity contribution is 6.36. The SMILES string of the molecule is O=c1c(-c2ccc(Cl)cc2Cl)c[nH]c2c1=C(O)CCC=2OCC1CC1. The summed E-state index contributed by atoms with van der Waals surface area (Å²) in [6, 6.07) is 4.98. The zero-order chi connectivity index (χ0) is 17.6. The van der Waals surface area contributed by atoms with Gasteiger partial charge in [0, 0.05) is 35.2 Å². The van der Waals surface area contributed by atoms with E-state index in [4.69, 9.17) is 27.9 Å². The van der Waals surface area contributed by atoms with E-state index in [9.17, 15) is 9.90 Å². The molecule has 6 heteroatoms. The Balaban J connectivity index is 1.88. The second-order valence-electron chi connectivity index (χ2n) is 6.53. The molecule has 2 N–H and O–H groups in total. The molecular weight excluding hydrogens is 361 g/mol. The van der Waals surface area contributed by atoms with Crippen LogP contribution in [0.3, 0.4) is 0 Å². The molecule has 1 aromatic heterocycles.